The number of rotatable bonds is 3. The summed E-state index contributed by atoms with van der Waals surface area (Å²) in [4.78, 5) is 25.2. The number of methoxy groups -OCH3 is 2. The molecule has 4 aromatic rings. The van der Waals surface area contributed by atoms with Crippen molar-refractivity contribution in [2.75, 3.05) is 14.2 Å². The molecular weight excluding hydrogens is 360 g/mol. The van der Waals surface area contributed by atoms with Crippen molar-refractivity contribution < 1.29 is 19.1 Å². The first kappa shape index (κ1) is 17.2. The average molecular weight is 376 g/mol. The molecule has 0 N–H and O–H groups in total. The van der Waals surface area contributed by atoms with Crippen LogP contribution in [0.1, 0.15) is 20.7 Å². The number of hydrogen-bond acceptors (Lipinski definition) is 5. The molecule has 0 unspecified atom stereocenters. The Morgan fingerprint density at radius 1 is 0.815 bits per heavy atom. The fourth-order valence-electron chi connectivity index (χ4n) is 3.32. The van der Waals surface area contributed by atoms with E-state index in [9.17, 15) is 9.59 Å². The molecule has 134 valence electrons. The van der Waals surface area contributed by atoms with Crippen molar-refractivity contribution in [3.8, 4) is 11.1 Å². The first-order valence-corrected chi connectivity index (χ1v) is 9.17. The Hall–Kier alpha value is -3.18. The zero-order valence-corrected chi connectivity index (χ0v) is 15.6. The van der Waals surface area contributed by atoms with E-state index in [-0.39, 0.29) is 11.1 Å². The Morgan fingerprint density at radius 3 is 2.19 bits per heavy atom. The molecule has 4 nitrogen and oxygen atoms in total. The summed E-state index contributed by atoms with van der Waals surface area (Å²) in [6.45, 7) is 0. The lowest BCUT2D eigenvalue weighted by molar-refractivity contribution is 0.0556. The Kier molecular flexibility index (Phi) is 4.38. The van der Waals surface area contributed by atoms with E-state index in [0.717, 1.165) is 25.7 Å². The molecule has 0 atom stereocenters. The van der Waals surface area contributed by atoms with Crippen molar-refractivity contribution in [1.82, 2.24) is 0 Å². The van der Waals surface area contributed by atoms with Crippen molar-refractivity contribution >= 4 is 43.4 Å². The first-order valence-electron chi connectivity index (χ1n) is 8.36. The summed E-state index contributed by atoms with van der Waals surface area (Å²) in [7, 11) is 2.62. The number of esters is 2. The second-order valence-electron chi connectivity index (χ2n) is 6.00. The van der Waals surface area contributed by atoms with E-state index in [4.69, 9.17) is 9.47 Å². The Balaban J connectivity index is 2.24. The molecule has 0 aliphatic carbocycles. The van der Waals surface area contributed by atoms with Crippen LogP contribution in [0.4, 0.5) is 0 Å². The van der Waals surface area contributed by atoms with Crippen molar-refractivity contribution in [1.29, 1.82) is 0 Å². The van der Waals surface area contributed by atoms with Crippen LogP contribution in [0.25, 0.3) is 31.3 Å². The summed E-state index contributed by atoms with van der Waals surface area (Å²) >= 11 is 1.59. The lowest BCUT2D eigenvalue weighted by atomic mass is 9.92. The van der Waals surface area contributed by atoms with Crippen LogP contribution in [0.5, 0.6) is 0 Å². The van der Waals surface area contributed by atoms with Crippen LogP contribution in [0.2, 0.25) is 0 Å². The van der Waals surface area contributed by atoms with E-state index >= 15 is 0 Å². The number of thiophene rings is 1. The van der Waals surface area contributed by atoms with Gasteiger partial charge in [0, 0.05) is 25.7 Å². The Morgan fingerprint density at radius 2 is 1.48 bits per heavy atom. The van der Waals surface area contributed by atoms with Gasteiger partial charge in [-0.05, 0) is 17.7 Å². The summed E-state index contributed by atoms with van der Waals surface area (Å²) in [5, 5.41) is 1.96. The largest absolute Gasteiger partial charge is 0.465 e. The number of carbonyl (C=O) groups excluding carboxylic acids is 2. The van der Waals surface area contributed by atoms with Gasteiger partial charge in [-0.3, -0.25) is 0 Å². The number of carbonyl (C=O) groups is 2. The highest BCUT2D eigenvalue weighted by atomic mass is 32.1. The van der Waals surface area contributed by atoms with E-state index in [2.05, 4.69) is 0 Å². The quantitative estimate of drug-likeness (QED) is 0.456. The lowest BCUT2D eigenvalue weighted by Gasteiger charge is -2.14. The fourth-order valence-corrected chi connectivity index (χ4v) is 4.58. The third-order valence-electron chi connectivity index (χ3n) is 4.53. The fraction of sp³-hybridized carbons (Fsp3) is 0.0909. The molecule has 1 heterocycles. The SMILES string of the molecule is COC(=O)c1cc2c(sc3ccccc32)c(-c2ccccc2)c1C(=O)OC. The van der Waals surface area contributed by atoms with Crippen molar-refractivity contribution in [2.45, 2.75) is 0 Å². The van der Waals surface area contributed by atoms with E-state index in [1.54, 1.807) is 17.4 Å². The molecule has 0 aliphatic rings. The van der Waals surface area contributed by atoms with Gasteiger partial charge in [-0.1, -0.05) is 48.5 Å². The van der Waals surface area contributed by atoms with E-state index in [0.29, 0.717) is 5.56 Å². The van der Waals surface area contributed by atoms with Crippen LogP contribution in [-0.4, -0.2) is 26.2 Å². The Labute approximate surface area is 160 Å². The van der Waals surface area contributed by atoms with Gasteiger partial charge in [0.05, 0.1) is 25.3 Å². The molecule has 5 heteroatoms. The molecule has 0 saturated heterocycles. The summed E-state index contributed by atoms with van der Waals surface area (Å²) in [5.41, 5.74) is 1.98. The van der Waals surface area contributed by atoms with E-state index < -0.39 is 11.9 Å². The molecule has 3 aromatic carbocycles. The third-order valence-corrected chi connectivity index (χ3v) is 5.73. The highest BCUT2D eigenvalue weighted by molar-refractivity contribution is 7.26. The molecular formula is C22H16O4S. The van der Waals surface area contributed by atoms with Crippen LogP contribution >= 0.6 is 11.3 Å². The number of ether oxygens (including phenoxy) is 2. The van der Waals surface area contributed by atoms with Gasteiger partial charge in [0.1, 0.15) is 0 Å². The van der Waals surface area contributed by atoms with Gasteiger partial charge >= 0.3 is 11.9 Å². The standard InChI is InChI=1S/C22H16O4S/c1-25-21(23)16-12-15-14-10-6-7-11-17(14)27-20(15)18(19(16)22(24)26-2)13-8-4-3-5-9-13/h3-12H,1-2H3. The summed E-state index contributed by atoms with van der Waals surface area (Å²) in [6.07, 6.45) is 0. The molecule has 0 radical (unpaired) electrons. The molecule has 0 saturated carbocycles. The van der Waals surface area contributed by atoms with Gasteiger partial charge in [0.25, 0.3) is 0 Å². The normalized spacial score (nSPS) is 10.9. The second kappa shape index (κ2) is 6.85. The predicted octanol–water partition coefficient (Wildman–Crippen LogP) is 5.29. The van der Waals surface area contributed by atoms with Crippen LogP contribution in [0, 0.1) is 0 Å². The second-order valence-corrected chi connectivity index (χ2v) is 7.05. The minimum absolute atomic E-state index is 0.208. The molecule has 0 aliphatic heterocycles. The van der Waals surface area contributed by atoms with Crippen molar-refractivity contribution in [3.63, 3.8) is 0 Å². The number of hydrogen-bond donors (Lipinski definition) is 0. The zero-order chi connectivity index (χ0) is 19.0. The van der Waals surface area contributed by atoms with Crippen LogP contribution in [0.3, 0.4) is 0 Å². The number of benzene rings is 3. The predicted molar refractivity (Wildman–Crippen MR) is 107 cm³/mol. The minimum atomic E-state index is -0.565. The number of fused-ring (bicyclic) bond motifs is 3. The maximum atomic E-state index is 12.7. The third kappa shape index (κ3) is 2.76. The molecule has 0 fully saturated rings. The van der Waals surface area contributed by atoms with Gasteiger partial charge in [0.2, 0.25) is 0 Å². The highest BCUT2D eigenvalue weighted by Crippen LogP contribution is 2.43. The molecule has 0 amide bonds. The van der Waals surface area contributed by atoms with Gasteiger partial charge in [0.15, 0.2) is 0 Å². The summed E-state index contributed by atoms with van der Waals surface area (Å²) in [6, 6.07) is 19.3. The van der Waals surface area contributed by atoms with Gasteiger partial charge in [-0.25, -0.2) is 9.59 Å². The highest BCUT2D eigenvalue weighted by Gasteiger charge is 2.27. The van der Waals surface area contributed by atoms with E-state index in [1.165, 1.54) is 14.2 Å². The molecule has 27 heavy (non-hydrogen) atoms. The lowest BCUT2D eigenvalue weighted by Crippen LogP contribution is -2.13. The smallest absolute Gasteiger partial charge is 0.339 e. The molecule has 0 spiro atoms. The van der Waals surface area contributed by atoms with Crippen molar-refractivity contribution in [2.24, 2.45) is 0 Å². The molecule has 1 aromatic heterocycles. The van der Waals surface area contributed by atoms with Crippen LogP contribution in [-0.2, 0) is 9.47 Å². The molecule has 4 rings (SSSR count). The maximum absolute atomic E-state index is 12.7. The summed E-state index contributed by atoms with van der Waals surface area (Å²) in [5.74, 6) is -1.13. The van der Waals surface area contributed by atoms with Crippen molar-refractivity contribution in [3.05, 3.63) is 71.8 Å². The first-order chi connectivity index (χ1) is 13.2. The van der Waals surface area contributed by atoms with Gasteiger partial charge in [-0.2, -0.15) is 0 Å². The van der Waals surface area contributed by atoms with Crippen LogP contribution in [0.15, 0.2) is 60.7 Å². The molecule has 0 bridgehead atoms. The monoisotopic (exact) mass is 376 g/mol. The summed E-state index contributed by atoms with van der Waals surface area (Å²) < 4.78 is 12.0. The topological polar surface area (TPSA) is 52.6 Å². The van der Waals surface area contributed by atoms with Gasteiger partial charge < -0.3 is 9.47 Å². The zero-order valence-electron chi connectivity index (χ0n) is 14.8. The van der Waals surface area contributed by atoms with Crippen LogP contribution < -0.4 is 0 Å². The van der Waals surface area contributed by atoms with E-state index in [1.807, 2.05) is 54.6 Å². The Bertz CT molecular complexity index is 1180. The maximum Gasteiger partial charge on any atom is 0.339 e. The van der Waals surface area contributed by atoms with Gasteiger partial charge in [-0.15, -0.1) is 11.3 Å². The minimum Gasteiger partial charge on any atom is -0.465 e. The average Bonchev–Trinajstić information content (AvgIpc) is 3.10.